The van der Waals surface area contributed by atoms with Crippen LogP contribution in [0.2, 0.25) is 0 Å². The Bertz CT molecular complexity index is 860. The van der Waals surface area contributed by atoms with Gasteiger partial charge in [-0.2, -0.15) is 13.2 Å². The van der Waals surface area contributed by atoms with E-state index in [1.54, 1.807) is 12.2 Å². The van der Waals surface area contributed by atoms with Gasteiger partial charge in [0.2, 0.25) is 0 Å². The van der Waals surface area contributed by atoms with Gasteiger partial charge in [0.15, 0.2) is 0 Å². The van der Waals surface area contributed by atoms with Crippen molar-refractivity contribution >= 4 is 34.4 Å². The van der Waals surface area contributed by atoms with Crippen molar-refractivity contribution in [2.45, 2.75) is 45.6 Å². The zero-order valence-electron chi connectivity index (χ0n) is 18.2. The first-order valence-electron chi connectivity index (χ1n) is 9.97. The van der Waals surface area contributed by atoms with E-state index in [9.17, 15) is 27.6 Å². The lowest BCUT2D eigenvalue weighted by Gasteiger charge is -2.34. The molecule has 1 amide bonds. The van der Waals surface area contributed by atoms with E-state index in [0.29, 0.717) is 30.0 Å². The van der Waals surface area contributed by atoms with Gasteiger partial charge < -0.3 is 24.4 Å². The SMILES string of the molecule is CCOC(=O)NC(Nc1sc2c(c1C(=O)OCC)CCN(C)C2)(C(=O)OCC)C(F)(F)F. The predicted molar refractivity (Wildman–Crippen MR) is 110 cm³/mol. The number of anilines is 1. The summed E-state index contributed by atoms with van der Waals surface area (Å²) in [5.74, 6) is -2.62. The van der Waals surface area contributed by atoms with Gasteiger partial charge in [-0.3, -0.25) is 5.32 Å². The molecule has 1 aliphatic rings. The van der Waals surface area contributed by atoms with Gasteiger partial charge in [0, 0.05) is 18.0 Å². The van der Waals surface area contributed by atoms with Crippen LogP contribution < -0.4 is 10.6 Å². The molecule has 0 radical (unpaired) electrons. The fourth-order valence-corrected chi connectivity index (χ4v) is 4.53. The zero-order chi connectivity index (χ0) is 24.1. The minimum atomic E-state index is -5.35. The second kappa shape index (κ2) is 10.4. The average Bonchev–Trinajstić information content (AvgIpc) is 3.03. The van der Waals surface area contributed by atoms with Crippen LogP contribution in [0.25, 0.3) is 0 Å². The molecule has 2 N–H and O–H groups in total. The summed E-state index contributed by atoms with van der Waals surface area (Å²) < 4.78 is 57.2. The smallest absolute Gasteiger partial charge is 0.442 e. The second-order valence-electron chi connectivity index (χ2n) is 6.85. The summed E-state index contributed by atoms with van der Waals surface area (Å²) in [5.41, 5.74) is -3.23. The number of hydrogen-bond donors (Lipinski definition) is 2. The number of ether oxygens (including phenoxy) is 3. The normalized spacial score (nSPS) is 15.8. The Morgan fingerprint density at radius 1 is 1.06 bits per heavy atom. The van der Waals surface area contributed by atoms with Gasteiger partial charge in [-0.15, -0.1) is 11.3 Å². The number of nitrogens with one attached hydrogen (secondary N) is 2. The van der Waals surface area contributed by atoms with Crippen LogP contribution in [0, 0.1) is 0 Å². The number of hydrogen-bond acceptors (Lipinski definition) is 9. The van der Waals surface area contributed by atoms with Gasteiger partial charge >= 0.3 is 29.9 Å². The highest BCUT2D eigenvalue weighted by atomic mass is 32.1. The Morgan fingerprint density at radius 3 is 2.25 bits per heavy atom. The quantitative estimate of drug-likeness (QED) is 0.332. The van der Waals surface area contributed by atoms with Crippen molar-refractivity contribution in [1.29, 1.82) is 0 Å². The van der Waals surface area contributed by atoms with Gasteiger partial charge in [0.25, 0.3) is 0 Å². The van der Waals surface area contributed by atoms with E-state index >= 15 is 0 Å². The first-order valence-corrected chi connectivity index (χ1v) is 10.8. The van der Waals surface area contributed by atoms with Crippen molar-refractivity contribution in [2.24, 2.45) is 0 Å². The molecule has 32 heavy (non-hydrogen) atoms. The maximum atomic E-state index is 14.3. The number of thiophene rings is 1. The third-order valence-corrected chi connectivity index (χ3v) is 5.73. The number of esters is 2. The number of likely N-dealkylation sites (N-methyl/N-ethyl adjacent to an activating group) is 1. The summed E-state index contributed by atoms with van der Waals surface area (Å²) in [4.78, 5) is 39.8. The fourth-order valence-electron chi connectivity index (χ4n) is 3.16. The lowest BCUT2D eigenvalue weighted by molar-refractivity contribution is -0.205. The van der Waals surface area contributed by atoms with Crippen molar-refractivity contribution < 1.29 is 41.8 Å². The van der Waals surface area contributed by atoms with E-state index < -0.39 is 29.9 Å². The summed E-state index contributed by atoms with van der Waals surface area (Å²) in [5, 5.41) is 3.38. The molecular formula is C19H26F3N3O6S. The molecule has 1 atom stereocenters. The van der Waals surface area contributed by atoms with Crippen LogP contribution in [0.4, 0.5) is 23.0 Å². The van der Waals surface area contributed by atoms with Crippen molar-refractivity contribution in [3.05, 3.63) is 16.0 Å². The van der Waals surface area contributed by atoms with E-state index in [-0.39, 0.29) is 30.4 Å². The highest BCUT2D eigenvalue weighted by Gasteiger charge is 2.64. The van der Waals surface area contributed by atoms with E-state index in [1.165, 1.54) is 13.8 Å². The standard InChI is InChI=1S/C19H26F3N3O6S/c1-5-29-15(26)13-11-8-9-25(4)10-12(11)32-14(13)23-18(19(20,21)22,16(27)30-6-2)24-17(28)31-7-3/h23H,5-10H2,1-4H3,(H,24,28). The summed E-state index contributed by atoms with van der Waals surface area (Å²) in [6.07, 6.45) is -6.43. The van der Waals surface area contributed by atoms with Crippen molar-refractivity contribution in [3.8, 4) is 0 Å². The molecule has 9 nitrogen and oxygen atoms in total. The van der Waals surface area contributed by atoms with Gasteiger partial charge in [0.1, 0.15) is 5.00 Å². The molecule has 0 fully saturated rings. The molecule has 1 aliphatic heterocycles. The minimum Gasteiger partial charge on any atom is -0.463 e. The molecule has 0 bridgehead atoms. The van der Waals surface area contributed by atoms with E-state index in [2.05, 4.69) is 14.8 Å². The van der Waals surface area contributed by atoms with Gasteiger partial charge in [-0.05, 0) is 39.8 Å². The fraction of sp³-hybridized carbons (Fsp3) is 0.632. The van der Waals surface area contributed by atoms with Crippen LogP contribution in [-0.4, -0.2) is 68.2 Å². The molecule has 1 unspecified atom stereocenters. The van der Waals surface area contributed by atoms with Crippen LogP contribution in [0.3, 0.4) is 0 Å². The Kier molecular flexibility index (Phi) is 8.35. The minimum absolute atomic E-state index is 0.00611. The molecule has 0 saturated carbocycles. The molecule has 180 valence electrons. The molecule has 0 saturated heterocycles. The number of amides is 1. The monoisotopic (exact) mass is 481 g/mol. The highest BCUT2D eigenvalue weighted by Crippen LogP contribution is 2.41. The summed E-state index contributed by atoms with van der Waals surface area (Å²) in [6.45, 7) is 4.68. The molecule has 0 aromatic carbocycles. The largest absolute Gasteiger partial charge is 0.463 e. The molecule has 2 heterocycles. The Morgan fingerprint density at radius 2 is 1.69 bits per heavy atom. The summed E-state index contributed by atoms with van der Waals surface area (Å²) >= 11 is 0.885. The van der Waals surface area contributed by atoms with Gasteiger partial charge in [0.05, 0.1) is 25.4 Å². The average molecular weight is 481 g/mol. The number of nitrogens with zero attached hydrogens (tertiary/aromatic N) is 1. The highest BCUT2D eigenvalue weighted by molar-refractivity contribution is 7.16. The van der Waals surface area contributed by atoms with E-state index in [1.807, 2.05) is 11.9 Å². The van der Waals surface area contributed by atoms with Crippen LogP contribution >= 0.6 is 11.3 Å². The second-order valence-corrected chi connectivity index (χ2v) is 7.96. The third-order valence-electron chi connectivity index (χ3n) is 4.60. The molecule has 2 rings (SSSR count). The summed E-state index contributed by atoms with van der Waals surface area (Å²) in [7, 11) is 1.83. The van der Waals surface area contributed by atoms with Gasteiger partial charge in [-0.1, -0.05) is 0 Å². The molecule has 13 heteroatoms. The molecule has 1 aromatic heterocycles. The lowest BCUT2D eigenvalue weighted by Crippen LogP contribution is -2.69. The maximum absolute atomic E-state index is 14.3. The summed E-state index contributed by atoms with van der Waals surface area (Å²) in [6, 6.07) is 0. The Labute approximate surface area is 187 Å². The zero-order valence-corrected chi connectivity index (χ0v) is 19.0. The Balaban J connectivity index is 2.64. The molecule has 0 aliphatic carbocycles. The first-order chi connectivity index (χ1) is 15.0. The van der Waals surface area contributed by atoms with Crippen molar-refractivity contribution in [1.82, 2.24) is 10.2 Å². The van der Waals surface area contributed by atoms with Crippen LogP contribution in [-0.2, 0) is 32.0 Å². The molecular weight excluding hydrogens is 455 g/mol. The van der Waals surface area contributed by atoms with E-state index in [0.717, 1.165) is 11.3 Å². The van der Waals surface area contributed by atoms with Crippen molar-refractivity contribution in [2.75, 3.05) is 38.7 Å². The Hall–Kier alpha value is -2.54. The van der Waals surface area contributed by atoms with E-state index in [4.69, 9.17) is 4.74 Å². The number of halogens is 3. The number of carbonyl (C=O) groups excluding carboxylic acids is 3. The lowest BCUT2D eigenvalue weighted by atomic mass is 10.0. The number of fused-ring (bicyclic) bond motifs is 1. The first kappa shape index (κ1) is 25.7. The number of alkyl carbamates (subject to hydrolysis) is 1. The van der Waals surface area contributed by atoms with Crippen LogP contribution in [0.1, 0.15) is 41.6 Å². The van der Waals surface area contributed by atoms with Gasteiger partial charge in [-0.25, -0.2) is 14.4 Å². The van der Waals surface area contributed by atoms with Crippen molar-refractivity contribution in [3.63, 3.8) is 0 Å². The molecule has 1 aromatic rings. The predicted octanol–water partition coefficient (Wildman–Crippen LogP) is 2.89. The third kappa shape index (κ3) is 5.26. The number of rotatable bonds is 8. The molecule has 0 spiro atoms. The van der Waals surface area contributed by atoms with Crippen LogP contribution in [0.15, 0.2) is 0 Å². The maximum Gasteiger partial charge on any atom is 0.442 e. The number of carbonyl (C=O) groups is 3. The number of alkyl halides is 3. The topological polar surface area (TPSA) is 106 Å². The van der Waals surface area contributed by atoms with Crippen LogP contribution in [0.5, 0.6) is 0 Å².